The molecule has 1 aliphatic carbocycles. The molecule has 6 nitrogen and oxygen atoms in total. The average molecular weight is 505 g/mol. The molecule has 0 unspecified atom stereocenters. The third-order valence-electron chi connectivity index (χ3n) is 4.87. The lowest BCUT2D eigenvalue weighted by Crippen LogP contribution is -2.39. The van der Waals surface area contributed by atoms with Crippen LogP contribution in [0.1, 0.15) is 51.5 Å². The molecule has 1 aromatic carbocycles. The Morgan fingerprint density at radius 2 is 1.93 bits per heavy atom. The molecule has 1 saturated carbocycles. The molecule has 0 radical (unpaired) electrons. The summed E-state index contributed by atoms with van der Waals surface area (Å²) in [7, 11) is 1.66. The first-order valence-corrected chi connectivity index (χ1v) is 10.1. The molecule has 0 aliphatic heterocycles. The Morgan fingerprint density at radius 1 is 1.18 bits per heavy atom. The molecular weight excluding hydrogens is 469 g/mol. The van der Waals surface area contributed by atoms with E-state index in [1.165, 1.54) is 5.56 Å². The first kappa shape index (κ1) is 24.8. The van der Waals surface area contributed by atoms with Gasteiger partial charge in [0.25, 0.3) is 0 Å². The summed E-state index contributed by atoms with van der Waals surface area (Å²) >= 11 is 0. The Kier molecular flexibility index (Phi) is 11.6. The molecule has 0 heterocycles. The van der Waals surface area contributed by atoms with Gasteiger partial charge >= 0.3 is 0 Å². The van der Waals surface area contributed by atoms with E-state index in [1.807, 2.05) is 19.9 Å². The fraction of sp³-hybridized carbons (Fsp3) is 0.667. The number of benzene rings is 1. The highest BCUT2D eigenvalue weighted by atomic mass is 127. The zero-order chi connectivity index (χ0) is 19.5. The minimum Gasteiger partial charge on any atom is -0.493 e. The maximum atomic E-state index is 10.5. The van der Waals surface area contributed by atoms with Gasteiger partial charge in [-0.05, 0) is 57.2 Å². The predicted molar refractivity (Wildman–Crippen MR) is 125 cm³/mol. The molecule has 160 valence electrons. The Balaban J connectivity index is 0.00000392. The van der Waals surface area contributed by atoms with E-state index in [2.05, 4.69) is 27.8 Å². The van der Waals surface area contributed by atoms with E-state index < -0.39 is 5.60 Å². The van der Waals surface area contributed by atoms with E-state index >= 15 is 0 Å². The van der Waals surface area contributed by atoms with E-state index in [-0.39, 0.29) is 24.0 Å². The monoisotopic (exact) mass is 505 g/mol. The van der Waals surface area contributed by atoms with Crippen molar-refractivity contribution < 1.29 is 14.6 Å². The molecule has 1 aliphatic rings. The first-order valence-electron chi connectivity index (χ1n) is 10.1. The fourth-order valence-electron chi connectivity index (χ4n) is 3.40. The minimum atomic E-state index is -0.610. The number of guanidine groups is 1. The maximum Gasteiger partial charge on any atom is 0.191 e. The van der Waals surface area contributed by atoms with Crippen molar-refractivity contribution in [2.24, 2.45) is 4.99 Å². The average Bonchev–Trinajstić information content (AvgIpc) is 3.10. The molecular formula is C21H36IN3O3. The summed E-state index contributed by atoms with van der Waals surface area (Å²) in [6, 6.07) is 6.09. The zero-order valence-electron chi connectivity index (χ0n) is 17.4. The van der Waals surface area contributed by atoms with Gasteiger partial charge < -0.3 is 25.2 Å². The number of aryl methyl sites for hydroxylation is 1. The Hall–Kier alpha value is -1.22. The Labute approximate surface area is 186 Å². The van der Waals surface area contributed by atoms with Gasteiger partial charge in [0.05, 0.1) is 25.9 Å². The zero-order valence-corrected chi connectivity index (χ0v) is 19.8. The third kappa shape index (κ3) is 8.03. The van der Waals surface area contributed by atoms with Crippen molar-refractivity contribution in [1.29, 1.82) is 0 Å². The van der Waals surface area contributed by atoms with Crippen LogP contribution >= 0.6 is 24.0 Å². The molecule has 7 heteroatoms. The van der Waals surface area contributed by atoms with Gasteiger partial charge in [-0.1, -0.05) is 18.9 Å². The van der Waals surface area contributed by atoms with E-state index in [1.54, 1.807) is 7.11 Å². The lowest BCUT2D eigenvalue weighted by atomic mass is 10.0. The highest BCUT2D eigenvalue weighted by molar-refractivity contribution is 14.0. The molecule has 0 spiro atoms. The highest BCUT2D eigenvalue weighted by Crippen LogP contribution is 2.29. The molecule has 3 N–H and O–H groups in total. The smallest absolute Gasteiger partial charge is 0.191 e. The van der Waals surface area contributed by atoms with Crippen molar-refractivity contribution in [2.75, 3.05) is 33.4 Å². The first-order chi connectivity index (χ1) is 13.1. The summed E-state index contributed by atoms with van der Waals surface area (Å²) in [5, 5.41) is 17.1. The van der Waals surface area contributed by atoms with Crippen molar-refractivity contribution in [2.45, 2.75) is 58.0 Å². The number of ether oxygens (including phenoxy) is 2. The summed E-state index contributed by atoms with van der Waals surface area (Å²) in [6.45, 7) is 6.74. The van der Waals surface area contributed by atoms with E-state index in [4.69, 9.17) is 9.47 Å². The minimum absolute atomic E-state index is 0. The Bertz CT molecular complexity index is 605. The molecule has 0 aromatic heterocycles. The summed E-state index contributed by atoms with van der Waals surface area (Å²) in [5.74, 6) is 2.35. The van der Waals surface area contributed by atoms with Crippen LogP contribution in [0.3, 0.4) is 0 Å². The summed E-state index contributed by atoms with van der Waals surface area (Å²) in [4.78, 5) is 4.58. The normalized spacial score (nSPS) is 15.6. The summed E-state index contributed by atoms with van der Waals surface area (Å²) in [6.07, 6.45) is 5.83. The van der Waals surface area contributed by atoms with Crippen molar-refractivity contribution in [3.05, 3.63) is 23.8 Å². The Morgan fingerprint density at radius 3 is 2.57 bits per heavy atom. The van der Waals surface area contributed by atoms with Crippen LogP contribution in [0.15, 0.2) is 23.2 Å². The molecule has 1 aromatic rings. The van der Waals surface area contributed by atoms with Crippen LogP contribution in [0.2, 0.25) is 0 Å². The SMILES string of the molecule is CCNC(=NCC1(O)CCCC1)NCCCc1ccc(OC)c(OCC)c1.I. The van der Waals surface area contributed by atoms with Gasteiger partial charge in [-0.2, -0.15) is 0 Å². The van der Waals surface area contributed by atoms with Crippen molar-refractivity contribution in [3.63, 3.8) is 0 Å². The van der Waals surface area contributed by atoms with E-state index in [0.717, 1.165) is 69.1 Å². The molecule has 28 heavy (non-hydrogen) atoms. The quantitative estimate of drug-likeness (QED) is 0.197. The topological polar surface area (TPSA) is 75.1 Å². The van der Waals surface area contributed by atoms with E-state index in [9.17, 15) is 5.11 Å². The van der Waals surface area contributed by atoms with Gasteiger partial charge in [0.2, 0.25) is 0 Å². The second kappa shape index (κ2) is 13.1. The standard InChI is InChI=1S/C21H35N3O3.HI/c1-4-22-20(24-16-21(25)12-6-7-13-21)23-14-8-9-17-10-11-18(26-3)19(15-17)27-5-2;/h10-11,15,25H,4-9,12-14,16H2,1-3H3,(H2,22,23,24);1H. The number of rotatable bonds is 10. The number of aliphatic imine (C=N–C) groups is 1. The van der Waals surface area contributed by atoms with Gasteiger partial charge in [-0.3, -0.25) is 4.99 Å². The lowest BCUT2D eigenvalue weighted by Gasteiger charge is -2.20. The van der Waals surface area contributed by atoms with Gasteiger partial charge in [0.15, 0.2) is 17.5 Å². The van der Waals surface area contributed by atoms with Gasteiger partial charge in [-0.25, -0.2) is 0 Å². The fourth-order valence-corrected chi connectivity index (χ4v) is 3.40. The number of nitrogens with one attached hydrogen (secondary N) is 2. The number of nitrogens with zero attached hydrogens (tertiary/aromatic N) is 1. The van der Waals surface area contributed by atoms with Gasteiger partial charge in [0.1, 0.15) is 0 Å². The number of hydrogen-bond acceptors (Lipinski definition) is 4. The molecule has 0 amide bonds. The molecule has 0 bridgehead atoms. The van der Waals surface area contributed by atoms with Gasteiger partial charge in [0, 0.05) is 13.1 Å². The van der Waals surface area contributed by atoms with Crippen LogP contribution in [0.4, 0.5) is 0 Å². The lowest BCUT2D eigenvalue weighted by molar-refractivity contribution is 0.0574. The van der Waals surface area contributed by atoms with Crippen molar-refractivity contribution >= 4 is 29.9 Å². The predicted octanol–water partition coefficient (Wildman–Crippen LogP) is 3.50. The maximum absolute atomic E-state index is 10.5. The number of methoxy groups -OCH3 is 1. The van der Waals surface area contributed by atoms with Crippen LogP contribution < -0.4 is 20.1 Å². The number of hydrogen-bond donors (Lipinski definition) is 3. The third-order valence-corrected chi connectivity index (χ3v) is 4.87. The second-order valence-corrected chi connectivity index (χ2v) is 7.08. The van der Waals surface area contributed by atoms with Crippen LogP contribution in [0.5, 0.6) is 11.5 Å². The molecule has 0 atom stereocenters. The molecule has 1 fully saturated rings. The van der Waals surface area contributed by atoms with E-state index in [0.29, 0.717) is 13.2 Å². The number of aliphatic hydroxyl groups is 1. The van der Waals surface area contributed by atoms with Crippen LogP contribution in [-0.4, -0.2) is 50.0 Å². The van der Waals surface area contributed by atoms with Crippen LogP contribution in [-0.2, 0) is 6.42 Å². The summed E-state index contributed by atoms with van der Waals surface area (Å²) in [5.41, 5.74) is 0.615. The largest absolute Gasteiger partial charge is 0.493 e. The van der Waals surface area contributed by atoms with Gasteiger partial charge in [-0.15, -0.1) is 24.0 Å². The molecule has 2 rings (SSSR count). The van der Waals surface area contributed by atoms with Crippen LogP contribution in [0.25, 0.3) is 0 Å². The van der Waals surface area contributed by atoms with Crippen LogP contribution in [0, 0.1) is 0 Å². The second-order valence-electron chi connectivity index (χ2n) is 7.08. The van der Waals surface area contributed by atoms with Crippen molar-refractivity contribution in [1.82, 2.24) is 10.6 Å². The summed E-state index contributed by atoms with van der Waals surface area (Å²) < 4.78 is 11.0. The number of halogens is 1. The highest BCUT2D eigenvalue weighted by Gasteiger charge is 2.30. The van der Waals surface area contributed by atoms with Crippen molar-refractivity contribution in [3.8, 4) is 11.5 Å². The molecule has 0 saturated heterocycles.